The van der Waals surface area contributed by atoms with Crippen LogP contribution in [0.1, 0.15) is 6.42 Å². The number of nitrogens with zero attached hydrogens (tertiary/aromatic N) is 2. The molecule has 102 valence electrons. The van der Waals surface area contributed by atoms with Crippen molar-refractivity contribution in [3.63, 3.8) is 0 Å². The van der Waals surface area contributed by atoms with Gasteiger partial charge in [0.15, 0.2) is 0 Å². The normalized spacial score (nSPS) is 18.8. The number of amides is 2. The first kappa shape index (κ1) is 13.9. The standard InChI is InChI=1S/C14H18N2O2S/c1-15(2)14(18)10-8-13(17)16(9-10)11-4-6-12(19-3)7-5-11/h4-7,10H,8-9H2,1-3H3. The number of hydrogen-bond donors (Lipinski definition) is 0. The van der Waals surface area contributed by atoms with Gasteiger partial charge in [0.05, 0.1) is 5.92 Å². The van der Waals surface area contributed by atoms with Gasteiger partial charge in [0, 0.05) is 37.6 Å². The monoisotopic (exact) mass is 278 g/mol. The van der Waals surface area contributed by atoms with E-state index >= 15 is 0 Å². The van der Waals surface area contributed by atoms with Crippen LogP contribution in [-0.2, 0) is 9.59 Å². The summed E-state index contributed by atoms with van der Waals surface area (Å²) in [6, 6.07) is 7.86. The van der Waals surface area contributed by atoms with E-state index in [1.54, 1.807) is 35.7 Å². The number of anilines is 1. The summed E-state index contributed by atoms with van der Waals surface area (Å²) < 4.78 is 0. The summed E-state index contributed by atoms with van der Waals surface area (Å²) in [5.41, 5.74) is 0.872. The Bertz CT molecular complexity index is 485. The summed E-state index contributed by atoms with van der Waals surface area (Å²) in [5, 5.41) is 0. The van der Waals surface area contributed by atoms with E-state index < -0.39 is 0 Å². The van der Waals surface area contributed by atoms with Crippen molar-refractivity contribution >= 4 is 29.3 Å². The number of thioether (sulfide) groups is 1. The summed E-state index contributed by atoms with van der Waals surface area (Å²) in [5.74, 6) is -0.170. The van der Waals surface area contributed by atoms with Crippen LogP contribution in [0.25, 0.3) is 0 Å². The minimum absolute atomic E-state index is 0.0246. The molecule has 0 radical (unpaired) electrons. The highest BCUT2D eigenvalue weighted by atomic mass is 32.2. The minimum Gasteiger partial charge on any atom is -0.349 e. The van der Waals surface area contributed by atoms with E-state index in [2.05, 4.69) is 0 Å². The van der Waals surface area contributed by atoms with Gasteiger partial charge in [0.25, 0.3) is 0 Å². The van der Waals surface area contributed by atoms with Crippen LogP contribution >= 0.6 is 11.8 Å². The Morgan fingerprint density at radius 2 is 1.95 bits per heavy atom. The number of benzene rings is 1. The molecule has 1 fully saturated rings. The molecule has 1 aliphatic heterocycles. The Morgan fingerprint density at radius 3 is 2.47 bits per heavy atom. The third-order valence-corrected chi connectivity index (χ3v) is 4.04. The Balaban J connectivity index is 2.13. The summed E-state index contributed by atoms with van der Waals surface area (Å²) in [4.78, 5) is 28.3. The molecule has 0 N–H and O–H groups in total. The fourth-order valence-corrected chi connectivity index (χ4v) is 2.66. The highest BCUT2D eigenvalue weighted by Crippen LogP contribution is 2.27. The molecule has 0 bridgehead atoms. The lowest BCUT2D eigenvalue weighted by molar-refractivity contribution is -0.133. The molecule has 1 unspecified atom stereocenters. The average molecular weight is 278 g/mol. The minimum atomic E-state index is -0.220. The molecule has 5 heteroatoms. The maximum atomic E-state index is 12.0. The smallest absolute Gasteiger partial charge is 0.227 e. The second kappa shape index (κ2) is 5.65. The molecule has 2 amide bonds. The Labute approximate surface area is 117 Å². The van der Waals surface area contributed by atoms with Crippen molar-refractivity contribution in [2.75, 3.05) is 31.8 Å². The fraction of sp³-hybridized carbons (Fsp3) is 0.429. The number of carbonyl (C=O) groups is 2. The maximum Gasteiger partial charge on any atom is 0.227 e. The topological polar surface area (TPSA) is 40.6 Å². The van der Waals surface area contributed by atoms with Crippen LogP contribution < -0.4 is 4.90 Å². The summed E-state index contributed by atoms with van der Waals surface area (Å²) in [6.07, 6.45) is 2.32. The largest absolute Gasteiger partial charge is 0.349 e. The highest BCUT2D eigenvalue weighted by molar-refractivity contribution is 7.98. The molecule has 2 rings (SSSR count). The predicted molar refractivity (Wildman–Crippen MR) is 77.4 cm³/mol. The molecule has 0 aromatic heterocycles. The second-order valence-corrected chi connectivity index (χ2v) is 5.72. The van der Waals surface area contributed by atoms with Crippen LogP contribution in [0.5, 0.6) is 0 Å². The molecule has 19 heavy (non-hydrogen) atoms. The van der Waals surface area contributed by atoms with Gasteiger partial charge in [-0.15, -0.1) is 11.8 Å². The van der Waals surface area contributed by atoms with Gasteiger partial charge in [-0.3, -0.25) is 9.59 Å². The van der Waals surface area contributed by atoms with Crippen molar-refractivity contribution < 1.29 is 9.59 Å². The van der Waals surface area contributed by atoms with E-state index in [9.17, 15) is 9.59 Å². The zero-order valence-corrected chi connectivity index (χ0v) is 12.2. The average Bonchev–Trinajstić information content (AvgIpc) is 2.80. The van der Waals surface area contributed by atoms with Gasteiger partial charge in [-0.1, -0.05) is 0 Å². The van der Waals surface area contributed by atoms with E-state index in [1.165, 1.54) is 0 Å². The highest BCUT2D eigenvalue weighted by Gasteiger charge is 2.35. The Hall–Kier alpha value is -1.49. The summed E-state index contributed by atoms with van der Waals surface area (Å²) >= 11 is 1.67. The Kier molecular flexibility index (Phi) is 4.14. The lowest BCUT2D eigenvalue weighted by Crippen LogP contribution is -2.32. The molecule has 1 aliphatic rings. The van der Waals surface area contributed by atoms with Gasteiger partial charge in [0.2, 0.25) is 11.8 Å². The molecule has 0 aliphatic carbocycles. The molecule has 1 aromatic carbocycles. The molecular formula is C14H18N2O2S. The lowest BCUT2D eigenvalue weighted by atomic mass is 10.1. The molecule has 4 nitrogen and oxygen atoms in total. The fourth-order valence-electron chi connectivity index (χ4n) is 2.25. The first-order chi connectivity index (χ1) is 9.02. The number of hydrogen-bond acceptors (Lipinski definition) is 3. The van der Waals surface area contributed by atoms with Crippen LogP contribution in [0.15, 0.2) is 29.2 Å². The van der Waals surface area contributed by atoms with Crippen molar-refractivity contribution in [2.45, 2.75) is 11.3 Å². The van der Waals surface area contributed by atoms with E-state index in [0.717, 1.165) is 10.6 Å². The van der Waals surface area contributed by atoms with Gasteiger partial charge < -0.3 is 9.80 Å². The van der Waals surface area contributed by atoms with Crippen molar-refractivity contribution in [3.05, 3.63) is 24.3 Å². The van der Waals surface area contributed by atoms with Crippen LogP contribution in [0.3, 0.4) is 0 Å². The number of rotatable bonds is 3. The van der Waals surface area contributed by atoms with Crippen LogP contribution in [-0.4, -0.2) is 43.6 Å². The predicted octanol–water partition coefficient (Wildman–Crippen LogP) is 1.85. The molecular weight excluding hydrogens is 260 g/mol. The van der Waals surface area contributed by atoms with Crippen molar-refractivity contribution in [2.24, 2.45) is 5.92 Å². The van der Waals surface area contributed by atoms with Gasteiger partial charge in [-0.25, -0.2) is 0 Å². The first-order valence-corrected chi connectivity index (χ1v) is 7.41. The van der Waals surface area contributed by atoms with Gasteiger partial charge in [-0.2, -0.15) is 0 Å². The summed E-state index contributed by atoms with van der Waals surface area (Å²) in [6.45, 7) is 0.481. The molecule has 1 heterocycles. The second-order valence-electron chi connectivity index (χ2n) is 4.84. The van der Waals surface area contributed by atoms with Crippen LogP contribution in [0.4, 0.5) is 5.69 Å². The van der Waals surface area contributed by atoms with E-state index in [-0.39, 0.29) is 17.7 Å². The Morgan fingerprint density at radius 1 is 1.32 bits per heavy atom. The molecule has 1 saturated heterocycles. The van der Waals surface area contributed by atoms with E-state index in [4.69, 9.17) is 0 Å². The van der Waals surface area contributed by atoms with Crippen LogP contribution in [0.2, 0.25) is 0 Å². The number of carbonyl (C=O) groups excluding carboxylic acids is 2. The van der Waals surface area contributed by atoms with Crippen molar-refractivity contribution in [1.29, 1.82) is 0 Å². The summed E-state index contributed by atoms with van der Waals surface area (Å²) in [7, 11) is 3.45. The third kappa shape index (κ3) is 2.92. The third-order valence-electron chi connectivity index (χ3n) is 3.30. The zero-order valence-electron chi connectivity index (χ0n) is 11.4. The van der Waals surface area contributed by atoms with Gasteiger partial charge >= 0.3 is 0 Å². The molecule has 1 aromatic rings. The SMILES string of the molecule is CSc1ccc(N2CC(C(=O)N(C)C)CC2=O)cc1. The van der Waals surface area contributed by atoms with Crippen LogP contribution in [0, 0.1) is 5.92 Å². The van der Waals surface area contributed by atoms with E-state index in [1.807, 2.05) is 30.5 Å². The maximum absolute atomic E-state index is 12.0. The zero-order chi connectivity index (χ0) is 14.0. The van der Waals surface area contributed by atoms with Crippen molar-refractivity contribution in [1.82, 2.24) is 4.90 Å². The van der Waals surface area contributed by atoms with Crippen molar-refractivity contribution in [3.8, 4) is 0 Å². The van der Waals surface area contributed by atoms with Gasteiger partial charge in [0.1, 0.15) is 0 Å². The molecule has 0 spiro atoms. The first-order valence-electron chi connectivity index (χ1n) is 6.18. The lowest BCUT2D eigenvalue weighted by Gasteiger charge is -2.18. The van der Waals surface area contributed by atoms with Gasteiger partial charge in [-0.05, 0) is 30.5 Å². The van der Waals surface area contributed by atoms with E-state index in [0.29, 0.717) is 13.0 Å². The quantitative estimate of drug-likeness (QED) is 0.792. The molecule has 0 saturated carbocycles. The molecule has 1 atom stereocenters.